The molecule has 0 radical (unpaired) electrons. The van der Waals surface area contributed by atoms with Crippen LogP contribution >= 0.6 is 15.9 Å². The molecule has 0 aliphatic heterocycles. The number of fused-ring (bicyclic) bond motifs is 1. The second kappa shape index (κ2) is 5.29. The van der Waals surface area contributed by atoms with Crippen molar-refractivity contribution in [1.82, 2.24) is 9.97 Å². The standard InChI is InChI=1S/C15H14BrN3O2/c1-20-13-6-8(16)5-10(14(13)21-2)15-18-11-4-3-9(17)7-12(11)19-15/h3-7H,17H2,1-2H3,(H,18,19). The third-order valence-electron chi connectivity index (χ3n) is 3.20. The number of ether oxygens (including phenoxy) is 2. The molecule has 0 amide bonds. The van der Waals surface area contributed by atoms with Crippen LogP contribution < -0.4 is 15.2 Å². The van der Waals surface area contributed by atoms with Gasteiger partial charge in [0, 0.05) is 10.2 Å². The number of H-pyrrole nitrogens is 1. The van der Waals surface area contributed by atoms with Gasteiger partial charge in [-0.3, -0.25) is 0 Å². The predicted octanol–water partition coefficient (Wildman–Crippen LogP) is 3.59. The topological polar surface area (TPSA) is 73.2 Å². The van der Waals surface area contributed by atoms with E-state index < -0.39 is 0 Å². The summed E-state index contributed by atoms with van der Waals surface area (Å²) in [5.41, 5.74) is 9.03. The number of anilines is 1. The molecule has 2 aromatic carbocycles. The molecule has 0 unspecified atom stereocenters. The highest BCUT2D eigenvalue weighted by atomic mass is 79.9. The third kappa shape index (κ3) is 2.42. The zero-order valence-corrected chi connectivity index (χ0v) is 13.2. The number of imidazole rings is 1. The minimum Gasteiger partial charge on any atom is -0.493 e. The SMILES string of the molecule is COc1cc(Br)cc(-c2nc3ccc(N)cc3[nH]2)c1OC. The number of nitrogens with two attached hydrogens (primary N) is 1. The van der Waals surface area contributed by atoms with Crippen molar-refractivity contribution in [1.29, 1.82) is 0 Å². The van der Waals surface area contributed by atoms with Gasteiger partial charge in [-0.25, -0.2) is 4.98 Å². The molecule has 0 bridgehead atoms. The average molecular weight is 348 g/mol. The maximum Gasteiger partial charge on any atom is 0.171 e. The Morgan fingerprint density at radius 1 is 1.14 bits per heavy atom. The Bertz CT molecular complexity index is 814. The van der Waals surface area contributed by atoms with Crippen molar-refractivity contribution in [2.24, 2.45) is 0 Å². The number of rotatable bonds is 3. The number of hydrogen-bond acceptors (Lipinski definition) is 4. The van der Waals surface area contributed by atoms with E-state index in [1.165, 1.54) is 0 Å². The van der Waals surface area contributed by atoms with Gasteiger partial charge in [-0.1, -0.05) is 15.9 Å². The highest BCUT2D eigenvalue weighted by Crippen LogP contribution is 2.40. The van der Waals surface area contributed by atoms with E-state index in [0.717, 1.165) is 21.1 Å². The maximum absolute atomic E-state index is 5.80. The van der Waals surface area contributed by atoms with E-state index >= 15 is 0 Å². The molecular weight excluding hydrogens is 334 g/mol. The molecule has 0 saturated carbocycles. The first-order valence-electron chi connectivity index (χ1n) is 6.29. The molecule has 0 aliphatic carbocycles. The van der Waals surface area contributed by atoms with Gasteiger partial charge < -0.3 is 20.2 Å². The van der Waals surface area contributed by atoms with E-state index in [-0.39, 0.29) is 0 Å². The van der Waals surface area contributed by atoms with E-state index in [1.807, 2.05) is 30.3 Å². The fourth-order valence-corrected chi connectivity index (χ4v) is 2.70. The minimum atomic E-state index is 0.632. The van der Waals surface area contributed by atoms with Gasteiger partial charge in [0.2, 0.25) is 0 Å². The Balaban J connectivity index is 2.24. The number of aromatic amines is 1. The first kappa shape index (κ1) is 13.8. The number of nitrogen functional groups attached to an aromatic ring is 1. The summed E-state index contributed by atoms with van der Waals surface area (Å²) in [6.07, 6.45) is 0. The number of nitrogens with one attached hydrogen (secondary N) is 1. The number of hydrogen-bond donors (Lipinski definition) is 2. The largest absolute Gasteiger partial charge is 0.493 e. The molecule has 0 saturated heterocycles. The normalized spacial score (nSPS) is 10.8. The van der Waals surface area contributed by atoms with Gasteiger partial charge >= 0.3 is 0 Å². The van der Waals surface area contributed by atoms with Crippen molar-refractivity contribution in [2.75, 3.05) is 20.0 Å². The summed E-state index contributed by atoms with van der Waals surface area (Å²) >= 11 is 3.47. The molecular formula is C15H14BrN3O2. The van der Waals surface area contributed by atoms with Crippen LogP contribution in [0.2, 0.25) is 0 Å². The van der Waals surface area contributed by atoms with Gasteiger partial charge in [0.1, 0.15) is 5.82 Å². The average Bonchev–Trinajstić information content (AvgIpc) is 2.89. The summed E-state index contributed by atoms with van der Waals surface area (Å²) in [7, 11) is 3.21. The zero-order valence-electron chi connectivity index (χ0n) is 11.6. The molecule has 6 heteroatoms. The molecule has 21 heavy (non-hydrogen) atoms. The highest BCUT2D eigenvalue weighted by Gasteiger charge is 2.16. The van der Waals surface area contributed by atoms with Crippen molar-refractivity contribution in [2.45, 2.75) is 0 Å². The lowest BCUT2D eigenvalue weighted by molar-refractivity contribution is 0.356. The third-order valence-corrected chi connectivity index (χ3v) is 3.66. The van der Waals surface area contributed by atoms with E-state index in [2.05, 4.69) is 25.9 Å². The van der Waals surface area contributed by atoms with Gasteiger partial charge in [-0.05, 0) is 30.3 Å². The Kier molecular flexibility index (Phi) is 3.47. The second-order valence-electron chi connectivity index (χ2n) is 4.55. The highest BCUT2D eigenvalue weighted by molar-refractivity contribution is 9.10. The molecule has 108 valence electrons. The summed E-state index contributed by atoms with van der Waals surface area (Å²) < 4.78 is 11.7. The van der Waals surface area contributed by atoms with Crippen molar-refractivity contribution >= 4 is 32.7 Å². The maximum atomic E-state index is 5.80. The summed E-state index contributed by atoms with van der Waals surface area (Å²) in [5, 5.41) is 0. The first-order valence-corrected chi connectivity index (χ1v) is 7.09. The number of methoxy groups -OCH3 is 2. The molecule has 1 heterocycles. The number of aromatic nitrogens is 2. The fourth-order valence-electron chi connectivity index (χ4n) is 2.26. The molecule has 5 nitrogen and oxygen atoms in total. The fraction of sp³-hybridized carbons (Fsp3) is 0.133. The summed E-state index contributed by atoms with van der Waals surface area (Å²) in [4.78, 5) is 7.84. The first-order chi connectivity index (χ1) is 10.1. The second-order valence-corrected chi connectivity index (χ2v) is 5.47. The van der Waals surface area contributed by atoms with E-state index in [0.29, 0.717) is 23.0 Å². The van der Waals surface area contributed by atoms with Gasteiger partial charge in [0.25, 0.3) is 0 Å². The van der Waals surface area contributed by atoms with Crippen LogP contribution in [-0.4, -0.2) is 24.2 Å². The van der Waals surface area contributed by atoms with Crippen LogP contribution in [0, 0.1) is 0 Å². The van der Waals surface area contributed by atoms with Gasteiger partial charge in [-0.15, -0.1) is 0 Å². The van der Waals surface area contributed by atoms with Crippen LogP contribution in [-0.2, 0) is 0 Å². The van der Waals surface area contributed by atoms with Gasteiger partial charge in [-0.2, -0.15) is 0 Å². The zero-order chi connectivity index (χ0) is 15.0. The summed E-state index contributed by atoms with van der Waals surface area (Å²) in [5.74, 6) is 1.97. The lowest BCUT2D eigenvalue weighted by Gasteiger charge is -2.11. The Morgan fingerprint density at radius 3 is 2.67 bits per heavy atom. The van der Waals surface area contributed by atoms with Crippen LogP contribution in [0.1, 0.15) is 0 Å². The number of halogens is 1. The molecule has 0 fully saturated rings. The lowest BCUT2D eigenvalue weighted by Crippen LogP contribution is -1.94. The number of nitrogens with zero attached hydrogens (tertiary/aromatic N) is 1. The van der Waals surface area contributed by atoms with Crippen molar-refractivity contribution < 1.29 is 9.47 Å². The molecule has 3 aromatic rings. The van der Waals surface area contributed by atoms with Crippen LogP contribution in [0.25, 0.3) is 22.4 Å². The smallest absolute Gasteiger partial charge is 0.171 e. The van der Waals surface area contributed by atoms with Gasteiger partial charge in [0.05, 0.1) is 30.8 Å². The molecule has 0 spiro atoms. The summed E-state index contributed by atoms with van der Waals surface area (Å²) in [6.45, 7) is 0. The van der Waals surface area contributed by atoms with Gasteiger partial charge in [0.15, 0.2) is 11.5 Å². The predicted molar refractivity (Wildman–Crippen MR) is 86.7 cm³/mol. The molecule has 3 N–H and O–H groups in total. The lowest BCUT2D eigenvalue weighted by atomic mass is 10.1. The Labute approximate surface area is 130 Å². The molecule has 3 rings (SSSR count). The monoisotopic (exact) mass is 347 g/mol. The van der Waals surface area contributed by atoms with Crippen LogP contribution in [0.3, 0.4) is 0 Å². The summed E-state index contributed by atoms with van der Waals surface area (Å²) in [6, 6.07) is 9.34. The van der Waals surface area contributed by atoms with Crippen LogP contribution in [0.15, 0.2) is 34.8 Å². The van der Waals surface area contributed by atoms with Crippen molar-refractivity contribution in [3.05, 3.63) is 34.8 Å². The number of benzene rings is 2. The van der Waals surface area contributed by atoms with E-state index in [9.17, 15) is 0 Å². The van der Waals surface area contributed by atoms with Crippen molar-refractivity contribution in [3.63, 3.8) is 0 Å². The molecule has 0 atom stereocenters. The molecule has 0 aliphatic rings. The Hall–Kier alpha value is -2.21. The quantitative estimate of drug-likeness (QED) is 0.710. The van der Waals surface area contributed by atoms with E-state index in [4.69, 9.17) is 15.2 Å². The Morgan fingerprint density at radius 2 is 1.95 bits per heavy atom. The van der Waals surface area contributed by atoms with Crippen molar-refractivity contribution in [3.8, 4) is 22.9 Å². The molecule has 1 aromatic heterocycles. The van der Waals surface area contributed by atoms with Crippen LogP contribution in [0.5, 0.6) is 11.5 Å². The van der Waals surface area contributed by atoms with Crippen LogP contribution in [0.4, 0.5) is 5.69 Å². The minimum absolute atomic E-state index is 0.632. The van der Waals surface area contributed by atoms with E-state index in [1.54, 1.807) is 14.2 Å².